The van der Waals surface area contributed by atoms with Gasteiger partial charge >= 0.3 is 5.69 Å². The van der Waals surface area contributed by atoms with Crippen LogP contribution in [0.5, 0.6) is 0 Å². The van der Waals surface area contributed by atoms with Crippen molar-refractivity contribution in [1.82, 2.24) is 0 Å². The Morgan fingerprint density at radius 3 is 2.75 bits per heavy atom. The fourth-order valence-corrected chi connectivity index (χ4v) is 1.56. The number of para-hydroxylation sites is 1. The van der Waals surface area contributed by atoms with Crippen molar-refractivity contribution in [2.24, 2.45) is 0 Å². The largest absolute Gasteiger partial charge is 0.394 e. The molecule has 0 radical (unpaired) electrons. The highest BCUT2D eigenvalue weighted by Gasteiger charge is 2.43. The van der Waals surface area contributed by atoms with Crippen LogP contribution in [0.2, 0.25) is 0 Å². The van der Waals surface area contributed by atoms with Gasteiger partial charge in [-0.3, -0.25) is 10.1 Å². The SMILES string of the molecule is O=[N+]([O-])c1c(F)cccc1NC1(CO)CC1. The fraction of sp³-hybridized carbons (Fsp3) is 0.400. The average molecular weight is 226 g/mol. The lowest BCUT2D eigenvalue weighted by atomic mass is 10.2. The first-order valence-corrected chi connectivity index (χ1v) is 4.90. The van der Waals surface area contributed by atoms with E-state index in [-0.39, 0.29) is 12.3 Å². The lowest BCUT2D eigenvalue weighted by molar-refractivity contribution is -0.386. The summed E-state index contributed by atoms with van der Waals surface area (Å²) >= 11 is 0. The van der Waals surface area contributed by atoms with Crippen molar-refractivity contribution < 1.29 is 14.4 Å². The summed E-state index contributed by atoms with van der Waals surface area (Å²) < 4.78 is 13.3. The lowest BCUT2D eigenvalue weighted by Crippen LogP contribution is -2.26. The van der Waals surface area contributed by atoms with Crippen LogP contribution in [0.3, 0.4) is 0 Å². The Bertz CT molecular complexity index is 432. The first-order chi connectivity index (χ1) is 7.58. The fourth-order valence-electron chi connectivity index (χ4n) is 1.56. The maximum Gasteiger partial charge on any atom is 0.327 e. The highest BCUT2D eigenvalue weighted by atomic mass is 19.1. The van der Waals surface area contributed by atoms with Crippen molar-refractivity contribution in [3.05, 3.63) is 34.1 Å². The Morgan fingerprint density at radius 1 is 1.56 bits per heavy atom. The molecule has 0 unspecified atom stereocenters. The number of aliphatic hydroxyl groups is 1. The van der Waals surface area contributed by atoms with Crippen molar-refractivity contribution in [2.45, 2.75) is 18.4 Å². The van der Waals surface area contributed by atoms with E-state index in [1.165, 1.54) is 12.1 Å². The van der Waals surface area contributed by atoms with Gasteiger partial charge in [-0.1, -0.05) is 6.07 Å². The molecule has 0 spiro atoms. The summed E-state index contributed by atoms with van der Waals surface area (Å²) in [6.45, 7) is -0.110. The third-order valence-corrected chi connectivity index (χ3v) is 2.73. The van der Waals surface area contributed by atoms with Crippen LogP contribution < -0.4 is 5.32 Å². The minimum absolute atomic E-state index is 0.110. The topological polar surface area (TPSA) is 75.4 Å². The zero-order valence-corrected chi connectivity index (χ0v) is 8.44. The van der Waals surface area contributed by atoms with E-state index in [0.29, 0.717) is 0 Å². The molecule has 0 aromatic heterocycles. The summed E-state index contributed by atoms with van der Waals surface area (Å²) in [6, 6.07) is 3.89. The first kappa shape index (κ1) is 10.8. The molecule has 0 atom stereocenters. The number of nitro benzene ring substituents is 1. The van der Waals surface area contributed by atoms with Gasteiger partial charge in [0.05, 0.1) is 17.1 Å². The Kier molecular flexibility index (Phi) is 2.51. The molecule has 1 fully saturated rings. The number of nitrogens with one attached hydrogen (secondary N) is 1. The van der Waals surface area contributed by atoms with Crippen molar-refractivity contribution in [3.8, 4) is 0 Å². The number of hydrogen-bond donors (Lipinski definition) is 2. The number of hydrogen-bond acceptors (Lipinski definition) is 4. The third kappa shape index (κ3) is 1.83. The Labute approximate surface area is 91.0 Å². The molecule has 0 aliphatic heterocycles. The second-order valence-electron chi connectivity index (χ2n) is 3.96. The molecule has 86 valence electrons. The number of nitro groups is 1. The number of nitrogens with zero attached hydrogens (tertiary/aromatic N) is 1. The van der Waals surface area contributed by atoms with Gasteiger partial charge in [0.15, 0.2) is 0 Å². The van der Waals surface area contributed by atoms with Gasteiger partial charge in [-0.2, -0.15) is 4.39 Å². The van der Waals surface area contributed by atoms with Gasteiger partial charge in [-0.25, -0.2) is 0 Å². The van der Waals surface area contributed by atoms with E-state index in [1.54, 1.807) is 0 Å². The summed E-state index contributed by atoms with van der Waals surface area (Å²) in [5.74, 6) is -0.872. The maximum atomic E-state index is 13.3. The molecule has 1 aliphatic rings. The molecule has 6 heteroatoms. The molecule has 2 N–H and O–H groups in total. The van der Waals surface area contributed by atoms with Crippen molar-refractivity contribution in [1.29, 1.82) is 0 Å². The van der Waals surface area contributed by atoms with Gasteiger partial charge in [0.1, 0.15) is 5.69 Å². The number of rotatable bonds is 4. The summed E-state index contributed by atoms with van der Waals surface area (Å²) in [7, 11) is 0. The molecular formula is C10H11FN2O3. The average Bonchev–Trinajstić information content (AvgIpc) is 2.98. The number of benzene rings is 1. The predicted octanol–water partition coefficient (Wildman–Crippen LogP) is 1.67. The number of anilines is 1. The maximum absolute atomic E-state index is 13.3. The van der Waals surface area contributed by atoms with Gasteiger partial charge in [-0.15, -0.1) is 0 Å². The molecule has 0 saturated heterocycles. The Morgan fingerprint density at radius 2 is 2.25 bits per heavy atom. The Balaban J connectivity index is 2.33. The van der Waals surface area contributed by atoms with Crippen LogP contribution in [0.4, 0.5) is 15.8 Å². The van der Waals surface area contributed by atoms with Crippen LogP contribution in [-0.2, 0) is 0 Å². The van der Waals surface area contributed by atoms with E-state index in [1.807, 2.05) is 0 Å². The summed E-state index contributed by atoms with van der Waals surface area (Å²) in [4.78, 5) is 9.94. The van der Waals surface area contributed by atoms with E-state index < -0.39 is 22.0 Å². The third-order valence-electron chi connectivity index (χ3n) is 2.73. The summed E-state index contributed by atoms with van der Waals surface area (Å²) in [5.41, 5.74) is -0.947. The van der Waals surface area contributed by atoms with Gasteiger partial charge in [-0.05, 0) is 25.0 Å². The summed E-state index contributed by atoms with van der Waals surface area (Å²) in [6.07, 6.45) is 1.47. The van der Waals surface area contributed by atoms with E-state index in [4.69, 9.17) is 5.11 Å². The van der Waals surface area contributed by atoms with E-state index in [9.17, 15) is 14.5 Å². The zero-order chi connectivity index (χ0) is 11.8. The highest BCUT2D eigenvalue weighted by molar-refractivity contribution is 5.64. The second kappa shape index (κ2) is 3.71. The van der Waals surface area contributed by atoms with Crippen LogP contribution in [0.25, 0.3) is 0 Å². The van der Waals surface area contributed by atoms with E-state index >= 15 is 0 Å². The normalized spacial score (nSPS) is 16.9. The van der Waals surface area contributed by atoms with Crippen LogP contribution in [-0.4, -0.2) is 22.2 Å². The molecule has 2 rings (SSSR count). The number of aliphatic hydroxyl groups excluding tert-OH is 1. The number of halogens is 1. The van der Waals surface area contributed by atoms with E-state index in [2.05, 4.69) is 5.32 Å². The van der Waals surface area contributed by atoms with Crippen LogP contribution >= 0.6 is 0 Å². The Hall–Kier alpha value is -1.69. The second-order valence-corrected chi connectivity index (χ2v) is 3.96. The molecule has 0 amide bonds. The van der Waals surface area contributed by atoms with Crippen LogP contribution in [0, 0.1) is 15.9 Å². The minimum atomic E-state index is -0.872. The molecule has 1 aromatic carbocycles. The quantitative estimate of drug-likeness (QED) is 0.604. The van der Waals surface area contributed by atoms with Gasteiger partial charge in [0.25, 0.3) is 0 Å². The first-order valence-electron chi connectivity index (χ1n) is 4.90. The smallest absolute Gasteiger partial charge is 0.327 e. The molecular weight excluding hydrogens is 215 g/mol. The lowest BCUT2D eigenvalue weighted by Gasteiger charge is -2.15. The van der Waals surface area contributed by atoms with Crippen molar-refractivity contribution >= 4 is 11.4 Å². The van der Waals surface area contributed by atoms with Crippen molar-refractivity contribution in [3.63, 3.8) is 0 Å². The highest BCUT2D eigenvalue weighted by Crippen LogP contribution is 2.41. The standard InChI is InChI=1S/C10H11FN2O3/c11-7-2-1-3-8(9(7)13(15)16)12-10(6-14)4-5-10/h1-3,12,14H,4-6H2. The molecule has 1 aliphatic carbocycles. The monoisotopic (exact) mass is 226 g/mol. The van der Waals surface area contributed by atoms with Crippen LogP contribution in [0.1, 0.15) is 12.8 Å². The molecule has 16 heavy (non-hydrogen) atoms. The van der Waals surface area contributed by atoms with Gasteiger partial charge in [0, 0.05) is 0 Å². The van der Waals surface area contributed by atoms with Gasteiger partial charge < -0.3 is 10.4 Å². The minimum Gasteiger partial charge on any atom is -0.394 e. The molecule has 1 saturated carbocycles. The van der Waals surface area contributed by atoms with Gasteiger partial charge in [0.2, 0.25) is 5.82 Å². The van der Waals surface area contributed by atoms with Crippen molar-refractivity contribution in [2.75, 3.05) is 11.9 Å². The van der Waals surface area contributed by atoms with E-state index in [0.717, 1.165) is 18.9 Å². The summed E-state index contributed by atoms with van der Waals surface area (Å²) in [5, 5.41) is 22.6. The molecule has 5 nitrogen and oxygen atoms in total. The van der Waals surface area contributed by atoms with Crippen LogP contribution in [0.15, 0.2) is 18.2 Å². The predicted molar refractivity (Wildman–Crippen MR) is 55.7 cm³/mol. The molecule has 0 heterocycles. The molecule has 0 bridgehead atoms. The molecule has 1 aromatic rings. The zero-order valence-electron chi connectivity index (χ0n) is 8.44.